The first-order valence-electron chi connectivity index (χ1n) is 12.6. The Balaban J connectivity index is 1.51. The minimum atomic E-state index is -0.735. The van der Waals surface area contributed by atoms with E-state index in [4.69, 9.17) is 0 Å². The highest BCUT2D eigenvalue weighted by atomic mass is 16.3. The third-order valence-corrected chi connectivity index (χ3v) is 10.2. The van der Waals surface area contributed by atoms with Crippen molar-refractivity contribution in [2.45, 2.75) is 105 Å². The molecule has 0 spiro atoms. The van der Waals surface area contributed by atoms with Gasteiger partial charge in [0.2, 0.25) is 0 Å². The molecule has 2 heteroatoms. The van der Waals surface area contributed by atoms with Crippen molar-refractivity contribution in [2.75, 3.05) is 0 Å². The van der Waals surface area contributed by atoms with Gasteiger partial charge in [-0.05, 0) is 84.9 Å². The van der Waals surface area contributed by atoms with Crippen LogP contribution in [-0.2, 0) is 4.79 Å². The van der Waals surface area contributed by atoms with Crippen molar-refractivity contribution in [1.82, 2.24) is 0 Å². The highest BCUT2D eigenvalue weighted by Crippen LogP contribution is 2.67. The van der Waals surface area contributed by atoms with Crippen LogP contribution in [0.5, 0.6) is 0 Å². The average molecular weight is 401 g/mol. The second-order valence-corrected chi connectivity index (χ2v) is 12.2. The van der Waals surface area contributed by atoms with Crippen LogP contribution in [0, 0.1) is 46.3 Å². The summed E-state index contributed by atoms with van der Waals surface area (Å²) in [4.78, 5) is 12.1. The Kier molecular flexibility index (Phi) is 5.82. The van der Waals surface area contributed by atoms with Crippen molar-refractivity contribution >= 4 is 5.78 Å². The molecule has 2 nitrogen and oxygen atoms in total. The number of Topliss-reactive ketones (excluding diaryl/α,β-unsaturated/α-hetero) is 1. The summed E-state index contributed by atoms with van der Waals surface area (Å²) in [5, 5.41) is 10.4. The monoisotopic (exact) mass is 400 g/mol. The van der Waals surface area contributed by atoms with Gasteiger partial charge in [0.05, 0.1) is 0 Å². The highest BCUT2D eigenvalue weighted by Gasteiger charge is 2.59. The van der Waals surface area contributed by atoms with Crippen LogP contribution in [0.2, 0.25) is 0 Å². The fourth-order valence-corrected chi connectivity index (χ4v) is 8.56. The van der Waals surface area contributed by atoms with Crippen LogP contribution in [0.4, 0.5) is 0 Å². The van der Waals surface area contributed by atoms with Crippen molar-refractivity contribution in [3.8, 4) is 0 Å². The first-order chi connectivity index (χ1) is 13.7. The predicted octanol–water partition coefficient (Wildman–Crippen LogP) is 6.57. The molecule has 0 radical (unpaired) electrons. The zero-order valence-corrected chi connectivity index (χ0v) is 19.5. The molecule has 0 aromatic carbocycles. The summed E-state index contributed by atoms with van der Waals surface area (Å²) >= 11 is 0. The third-order valence-electron chi connectivity index (χ3n) is 10.2. The molecule has 0 heterocycles. The third kappa shape index (κ3) is 3.56. The first kappa shape index (κ1) is 21.6. The number of carbonyl (C=O) groups excluding carboxylic acids is 1. The lowest BCUT2D eigenvalue weighted by molar-refractivity contribution is -0.134. The molecule has 1 N–H and O–H groups in total. The summed E-state index contributed by atoms with van der Waals surface area (Å²) in [6.45, 7) is 12.2. The van der Waals surface area contributed by atoms with Gasteiger partial charge in [0.25, 0.3) is 0 Å². The molecule has 4 rings (SSSR count). The topological polar surface area (TPSA) is 37.3 Å². The molecule has 0 amide bonds. The molecule has 0 saturated heterocycles. The van der Waals surface area contributed by atoms with Crippen molar-refractivity contribution in [3.63, 3.8) is 0 Å². The number of hydrogen-bond donors (Lipinski definition) is 1. The minimum Gasteiger partial charge on any atom is -0.385 e. The number of ketones is 1. The van der Waals surface area contributed by atoms with E-state index in [9.17, 15) is 9.90 Å². The van der Waals surface area contributed by atoms with Crippen LogP contribution >= 0.6 is 0 Å². The quantitative estimate of drug-likeness (QED) is 0.530. The molecule has 3 fully saturated rings. The fraction of sp³-hybridized carbons (Fsp3) is 0.889. The normalized spacial score (nSPS) is 45.4. The molecule has 3 saturated carbocycles. The van der Waals surface area contributed by atoms with E-state index in [2.05, 4.69) is 40.7 Å². The standard InChI is InChI=1S/C27H44O2/c1-17(2)7-6-8-18(3)21-11-12-22-20-10-9-19-15-24(28)25(29)16-27(19,5)23(20)13-14-26(21,22)4/h9,17-18,20-23,25,29H,6-8,10-16H2,1-5H3/t18-,20+,21-,22+,23+,25-,26-,27+/m1/s1. The van der Waals surface area contributed by atoms with Crippen LogP contribution in [0.15, 0.2) is 11.6 Å². The number of carbonyl (C=O) groups is 1. The summed E-state index contributed by atoms with van der Waals surface area (Å²) in [5.74, 6) is 4.87. The van der Waals surface area contributed by atoms with Gasteiger partial charge in [0.1, 0.15) is 6.10 Å². The summed E-state index contributed by atoms with van der Waals surface area (Å²) in [7, 11) is 0. The maximum Gasteiger partial charge on any atom is 0.165 e. The lowest BCUT2D eigenvalue weighted by Crippen LogP contribution is -2.52. The molecule has 164 valence electrons. The number of aliphatic hydroxyl groups is 1. The maximum absolute atomic E-state index is 12.1. The molecule has 0 aromatic rings. The number of hydrogen-bond acceptors (Lipinski definition) is 2. The van der Waals surface area contributed by atoms with E-state index in [1.165, 1.54) is 56.9 Å². The lowest BCUT2D eigenvalue weighted by Gasteiger charge is -2.58. The predicted molar refractivity (Wildman–Crippen MR) is 119 cm³/mol. The van der Waals surface area contributed by atoms with E-state index in [1.54, 1.807) is 0 Å². The van der Waals surface area contributed by atoms with E-state index in [1.807, 2.05) is 0 Å². The molecule has 0 aliphatic heterocycles. The minimum absolute atomic E-state index is 0.0453. The molecular formula is C27H44O2. The van der Waals surface area contributed by atoms with E-state index < -0.39 is 6.10 Å². The Morgan fingerprint density at radius 2 is 1.86 bits per heavy atom. The van der Waals surface area contributed by atoms with Gasteiger partial charge in [-0.1, -0.05) is 65.5 Å². The van der Waals surface area contributed by atoms with Gasteiger partial charge in [-0.15, -0.1) is 0 Å². The lowest BCUT2D eigenvalue weighted by atomic mass is 9.47. The van der Waals surface area contributed by atoms with Gasteiger partial charge in [-0.3, -0.25) is 4.79 Å². The van der Waals surface area contributed by atoms with Crippen molar-refractivity contribution < 1.29 is 9.90 Å². The molecule has 4 aliphatic carbocycles. The van der Waals surface area contributed by atoms with Gasteiger partial charge in [-0.2, -0.15) is 0 Å². The van der Waals surface area contributed by atoms with Crippen molar-refractivity contribution in [3.05, 3.63) is 11.6 Å². The SMILES string of the molecule is CC(C)CCC[C@@H](C)[C@H]1CC[C@H]2[C@@H]3CC=C4CC(=O)[C@H](O)C[C@]4(C)[C@H]3CC[C@]12C. The summed E-state index contributed by atoms with van der Waals surface area (Å²) in [6.07, 6.45) is 13.6. The van der Waals surface area contributed by atoms with E-state index >= 15 is 0 Å². The Morgan fingerprint density at radius 3 is 2.59 bits per heavy atom. The largest absolute Gasteiger partial charge is 0.385 e. The fourth-order valence-electron chi connectivity index (χ4n) is 8.56. The molecule has 0 bridgehead atoms. The highest BCUT2D eigenvalue weighted by molar-refractivity contribution is 5.86. The number of allylic oxidation sites excluding steroid dienone is 2. The van der Waals surface area contributed by atoms with Crippen LogP contribution in [-0.4, -0.2) is 17.0 Å². The average Bonchev–Trinajstić information content (AvgIpc) is 3.00. The summed E-state index contributed by atoms with van der Waals surface area (Å²) in [6, 6.07) is 0. The smallest absolute Gasteiger partial charge is 0.165 e. The molecule has 29 heavy (non-hydrogen) atoms. The zero-order chi connectivity index (χ0) is 21.0. The summed E-state index contributed by atoms with van der Waals surface area (Å²) in [5.41, 5.74) is 1.91. The van der Waals surface area contributed by atoms with Gasteiger partial charge in [-0.25, -0.2) is 0 Å². The molecule has 0 aromatic heterocycles. The van der Waals surface area contributed by atoms with E-state index in [0.717, 1.165) is 29.6 Å². The van der Waals surface area contributed by atoms with Gasteiger partial charge in [0, 0.05) is 6.42 Å². The number of rotatable bonds is 5. The molecule has 4 aliphatic rings. The Labute approximate surface area is 178 Å². The molecular weight excluding hydrogens is 356 g/mol. The van der Waals surface area contributed by atoms with Crippen LogP contribution in [0.1, 0.15) is 98.8 Å². The van der Waals surface area contributed by atoms with Crippen LogP contribution in [0.25, 0.3) is 0 Å². The van der Waals surface area contributed by atoms with Crippen LogP contribution < -0.4 is 0 Å². The van der Waals surface area contributed by atoms with Crippen LogP contribution in [0.3, 0.4) is 0 Å². The number of fused-ring (bicyclic) bond motifs is 5. The Morgan fingerprint density at radius 1 is 1.10 bits per heavy atom. The number of aliphatic hydroxyl groups excluding tert-OH is 1. The molecule has 0 unspecified atom stereocenters. The molecule has 8 atom stereocenters. The second-order valence-electron chi connectivity index (χ2n) is 12.2. The summed E-state index contributed by atoms with van der Waals surface area (Å²) < 4.78 is 0. The van der Waals surface area contributed by atoms with Gasteiger partial charge in [0.15, 0.2) is 5.78 Å². The van der Waals surface area contributed by atoms with E-state index in [0.29, 0.717) is 24.2 Å². The maximum atomic E-state index is 12.1. The van der Waals surface area contributed by atoms with Crippen molar-refractivity contribution in [1.29, 1.82) is 0 Å². The van der Waals surface area contributed by atoms with E-state index in [-0.39, 0.29) is 11.2 Å². The Hall–Kier alpha value is -0.630. The Bertz CT molecular complexity index is 663. The first-order valence-corrected chi connectivity index (χ1v) is 12.6. The van der Waals surface area contributed by atoms with Gasteiger partial charge >= 0.3 is 0 Å². The second kappa shape index (κ2) is 7.81. The zero-order valence-electron chi connectivity index (χ0n) is 19.5. The van der Waals surface area contributed by atoms with Crippen molar-refractivity contribution in [2.24, 2.45) is 46.3 Å². The van der Waals surface area contributed by atoms with Gasteiger partial charge < -0.3 is 5.11 Å².